The Bertz CT molecular complexity index is 1180. The molecule has 0 aromatic carbocycles. The van der Waals surface area contributed by atoms with Gasteiger partial charge in [-0.05, 0) is 12.1 Å². The third-order valence-electron chi connectivity index (χ3n) is 5.48. The van der Waals surface area contributed by atoms with Crippen molar-refractivity contribution in [3.63, 3.8) is 0 Å². The summed E-state index contributed by atoms with van der Waals surface area (Å²) in [7, 11) is 1.82. The summed E-state index contributed by atoms with van der Waals surface area (Å²) in [6.45, 7) is 3.69. The van der Waals surface area contributed by atoms with Gasteiger partial charge in [0, 0.05) is 63.0 Å². The van der Waals surface area contributed by atoms with Crippen molar-refractivity contribution in [3.8, 4) is 11.3 Å². The van der Waals surface area contributed by atoms with Crippen LogP contribution in [0.25, 0.3) is 22.2 Å². The first-order chi connectivity index (χ1) is 15.2. The molecule has 5 rings (SSSR count). The lowest BCUT2D eigenvalue weighted by molar-refractivity contribution is -0.118. The number of fused-ring (bicyclic) bond motifs is 1. The molecule has 0 bridgehead atoms. The average Bonchev–Trinajstić information content (AvgIpc) is 3.25. The van der Waals surface area contributed by atoms with Gasteiger partial charge in [-0.15, -0.1) is 5.10 Å². The molecule has 10 heteroatoms. The highest BCUT2D eigenvalue weighted by atomic mass is 16.1. The van der Waals surface area contributed by atoms with Crippen molar-refractivity contribution in [2.75, 3.05) is 31.5 Å². The van der Waals surface area contributed by atoms with Crippen LogP contribution in [0.2, 0.25) is 0 Å². The molecule has 5 heterocycles. The standard InChI is InChI=1S/C21H23N9O/c1-29-13-18(27-28-29)16-8-15-9-19(25-12-17(15)24-11-16)26-21(31)14-2-3-23-20(10-14)30-6-4-22-5-7-30/h2-3,8-9,11-14,22H,4-7,10H2,1H3,(H,25,26,31). The number of nitrogens with zero attached hydrogens (tertiary/aromatic N) is 7. The van der Waals surface area contributed by atoms with Gasteiger partial charge in [0.2, 0.25) is 5.91 Å². The van der Waals surface area contributed by atoms with Crippen molar-refractivity contribution in [2.45, 2.75) is 6.42 Å². The lowest BCUT2D eigenvalue weighted by Gasteiger charge is -2.32. The number of rotatable bonds is 3. The fraction of sp³-hybridized carbons (Fsp3) is 0.333. The molecule has 0 spiro atoms. The molecule has 1 amide bonds. The summed E-state index contributed by atoms with van der Waals surface area (Å²) in [5.74, 6) is 1.09. The van der Waals surface area contributed by atoms with Crippen LogP contribution in [0, 0.1) is 5.92 Å². The first kappa shape index (κ1) is 19.3. The van der Waals surface area contributed by atoms with Gasteiger partial charge in [0.15, 0.2) is 0 Å². The average molecular weight is 417 g/mol. The molecule has 0 radical (unpaired) electrons. The van der Waals surface area contributed by atoms with E-state index in [9.17, 15) is 4.79 Å². The van der Waals surface area contributed by atoms with Crippen LogP contribution >= 0.6 is 0 Å². The third kappa shape index (κ3) is 4.15. The van der Waals surface area contributed by atoms with Crippen molar-refractivity contribution in [3.05, 3.63) is 43.0 Å². The topological polar surface area (TPSA) is 113 Å². The van der Waals surface area contributed by atoms with Crippen LogP contribution in [-0.4, -0.2) is 67.8 Å². The molecule has 2 aliphatic rings. The number of hydrogen-bond acceptors (Lipinski definition) is 8. The van der Waals surface area contributed by atoms with Crippen molar-refractivity contribution in [1.29, 1.82) is 0 Å². The predicted octanol–water partition coefficient (Wildman–Crippen LogP) is 1.20. The quantitative estimate of drug-likeness (QED) is 0.658. The Kier molecular flexibility index (Phi) is 5.13. The van der Waals surface area contributed by atoms with Crippen LogP contribution in [0.3, 0.4) is 0 Å². The van der Waals surface area contributed by atoms with E-state index in [4.69, 9.17) is 0 Å². The zero-order valence-electron chi connectivity index (χ0n) is 17.2. The minimum atomic E-state index is -0.274. The van der Waals surface area contributed by atoms with Crippen molar-refractivity contribution < 1.29 is 4.79 Å². The smallest absolute Gasteiger partial charge is 0.232 e. The fourth-order valence-corrected chi connectivity index (χ4v) is 3.80. The van der Waals surface area contributed by atoms with E-state index in [1.165, 1.54) is 0 Å². The molecule has 1 atom stereocenters. The number of aryl methyl sites for hydroxylation is 1. The Balaban J connectivity index is 1.31. The van der Waals surface area contributed by atoms with Gasteiger partial charge in [-0.3, -0.25) is 14.5 Å². The molecule has 3 aromatic heterocycles. The highest BCUT2D eigenvalue weighted by Gasteiger charge is 2.25. The Hall–Kier alpha value is -3.66. The summed E-state index contributed by atoms with van der Waals surface area (Å²) in [5.41, 5.74) is 2.35. The molecule has 0 aliphatic carbocycles. The van der Waals surface area contributed by atoms with Crippen molar-refractivity contribution >= 4 is 28.5 Å². The van der Waals surface area contributed by atoms with E-state index in [-0.39, 0.29) is 11.8 Å². The van der Waals surface area contributed by atoms with Crippen LogP contribution in [0.4, 0.5) is 5.82 Å². The predicted molar refractivity (Wildman–Crippen MR) is 117 cm³/mol. The molecule has 158 valence electrons. The molecule has 3 aromatic rings. The first-order valence-electron chi connectivity index (χ1n) is 10.3. The SMILES string of the molecule is Cn1cc(-c2cnc3cnc(NC(=O)C4C=CN=C(N5CCNCC5)C4)cc3c2)nn1. The van der Waals surface area contributed by atoms with E-state index >= 15 is 0 Å². The van der Waals surface area contributed by atoms with Gasteiger partial charge in [0.1, 0.15) is 17.3 Å². The molecule has 0 saturated carbocycles. The number of carbonyl (C=O) groups is 1. The Labute approximate surface area is 179 Å². The number of anilines is 1. The lowest BCUT2D eigenvalue weighted by Crippen LogP contribution is -2.47. The van der Waals surface area contributed by atoms with Gasteiger partial charge in [-0.1, -0.05) is 11.3 Å². The Morgan fingerprint density at radius 2 is 2.06 bits per heavy atom. The summed E-state index contributed by atoms with van der Waals surface area (Å²) >= 11 is 0. The highest BCUT2D eigenvalue weighted by Crippen LogP contribution is 2.23. The molecule has 1 saturated heterocycles. The Morgan fingerprint density at radius 1 is 1.19 bits per heavy atom. The third-order valence-corrected chi connectivity index (χ3v) is 5.48. The number of amidine groups is 1. The highest BCUT2D eigenvalue weighted by molar-refractivity contribution is 5.98. The second kappa shape index (κ2) is 8.23. The number of hydrogen-bond donors (Lipinski definition) is 2. The number of pyridine rings is 2. The first-order valence-corrected chi connectivity index (χ1v) is 10.3. The minimum absolute atomic E-state index is 0.0938. The van der Waals surface area contributed by atoms with E-state index < -0.39 is 0 Å². The summed E-state index contributed by atoms with van der Waals surface area (Å²) in [6.07, 6.45) is 9.41. The van der Waals surface area contributed by atoms with Crippen molar-refractivity contribution in [2.24, 2.45) is 18.0 Å². The lowest BCUT2D eigenvalue weighted by atomic mass is 10.0. The number of carbonyl (C=O) groups excluding carboxylic acids is 1. The normalized spacial score (nSPS) is 18.8. The maximum absolute atomic E-state index is 12.9. The molecule has 10 nitrogen and oxygen atoms in total. The monoisotopic (exact) mass is 417 g/mol. The Morgan fingerprint density at radius 3 is 2.87 bits per heavy atom. The second-order valence-electron chi connectivity index (χ2n) is 7.69. The maximum Gasteiger partial charge on any atom is 0.232 e. The molecule has 1 unspecified atom stereocenters. The molecule has 1 fully saturated rings. The van der Waals surface area contributed by atoms with E-state index in [1.807, 2.05) is 31.5 Å². The maximum atomic E-state index is 12.9. The fourth-order valence-electron chi connectivity index (χ4n) is 3.80. The van der Waals surface area contributed by atoms with E-state index in [2.05, 4.69) is 40.8 Å². The summed E-state index contributed by atoms with van der Waals surface area (Å²) in [4.78, 5) is 28.4. The van der Waals surface area contributed by atoms with Crippen LogP contribution in [0.1, 0.15) is 6.42 Å². The summed E-state index contributed by atoms with van der Waals surface area (Å²) < 4.78 is 1.65. The van der Waals surface area contributed by atoms with Gasteiger partial charge < -0.3 is 15.5 Å². The van der Waals surface area contributed by atoms with E-state index in [0.29, 0.717) is 12.2 Å². The van der Waals surface area contributed by atoms with Gasteiger partial charge in [-0.25, -0.2) is 9.98 Å². The number of piperazine rings is 1. The van der Waals surface area contributed by atoms with Gasteiger partial charge in [0.05, 0.1) is 23.8 Å². The van der Waals surface area contributed by atoms with Crippen molar-refractivity contribution in [1.82, 2.24) is 35.2 Å². The second-order valence-corrected chi connectivity index (χ2v) is 7.69. The number of aromatic nitrogens is 5. The molecule has 2 N–H and O–H groups in total. The molecule has 31 heavy (non-hydrogen) atoms. The van der Waals surface area contributed by atoms with Gasteiger partial charge in [0.25, 0.3) is 0 Å². The summed E-state index contributed by atoms with van der Waals surface area (Å²) in [5, 5.41) is 15.2. The zero-order chi connectivity index (χ0) is 21.2. The number of nitrogens with one attached hydrogen (secondary N) is 2. The van der Waals surface area contributed by atoms with Crippen LogP contribution in [0.15, 0.2) is 48.0 Å². The van der Waals surface area contributed by atoms with Crippen LogP contribution in [0.5, 0.6) is 0 Å². The van der Waals surface area contributed by atoms with Crippen LogP contribution < -0.4 is 10.6 Å². The number of amides is 1. The van der Waals surface area contributed by atoms with E-state index in [0.717, 1.165) is 54.2 Å². The minimum Gasteiger partial charge on any atom is -0.357 e. The molecule has 2 aliphatic heterocycles. The zero-order valence-corrected chi connectivity index (χ0v) is 17.2. The van der Waals surface area contributed by atoms with Gasteiger partial charge >= 0.3 is 0 Å². The molecular weight excluding hydrogens is 394 g/mol. The van der Waals surface area contributed by atoms with Crippen LogP contribution in [-0.2, 0) is 11.8 Å². The van der Waals surface area contributed by atoms with Gasteiger partial charge in [-0.2, -0.15) is 0 Å². The molecular formula is C21H23N9O. The summed E-state index contributed by atoms with van der Waals surface area (Å²) in [6, 6.07) is 3.80. The number of aliphatic imine (C=N–C) groups is 1. The van der Waals surface area contributed by atoms with E-state index in [1.54, 1.807) is 23.3 Å². The largest absolute Gasteiger partial charge is 0.357 e.